The summed E-state index contributed by atoms with van der Waals surface area (Å²) in [6, 6.07) is 4.24. The second-order valence-electron chi connectivity index (χ2n) is 4.43. The highest BCUT2D eigenvalue weighted by Crippen LogP contribution is 2.17. The Morgan fingerprint density at radius 2 is 2.06 bits per heavy atom. The number of methoxy groups -OCH3 is 1. The molecule has 0 spiro atoms. The molecular formula is C13H19N3O. The van der Waals surface area contributed by atoms with E-state index in [2.05, 4.69) is 35.9 Å². The summed E-state index contributed by atoms with van der Waals surface area (Å²) >= 11 is 0. The minimum atomic E-state index is 0.0257. The first-order valence-corrected chi connectivity index (χ1v) is 5.82. The largest absolute Gasteiger partial charge is 0.380 e. The Morgan fingerprint density at radius 1 is 1.35 bits per heavy atom. The first kappa shape index (κ1) is 12.1. The molecule has 17 heavy (non-hydrogen) atoms. The number of hydrogen-bond acceptors (Lipinski definition) is 3. The van der Waals surface area contributed by atoms with Crippen molar-refractivity contribution in [2.45, 2.75) is 26.4 Å². The number of hydrogen-bond donors (Lipinski definition) is 2. The van der Waals surface area contributed by atoms with E-state index in [-0.39, 0.29) is 6.10 Å². The third-order valence-corrected chi connectivity index (χ3v) is 3.16. The molecule has 4 heteroatoms. The lowest BCUT2D eigenvalue weighted by molar-refractivity contribution is 0.108. The minimum absolute atomic E-state index is 0.0257. The van der Waals surface area contributed by atoms with Gasteiger partial charge in [0.25, 0.3) is 0 Å². The number of aromatic nitrogens is 2. The van der Waals surface area contributed by atoms with Crippen molar-refractivity contribution >= 4 is 11.0 Å². The zero-order valence-corrected chi connectivity index (χ0v) is 10.6. The van der Waals surface area contributed by atoms with Crippen molar-refractivity contribution in [1.82, 2.24) is 9.97 Å². The van der Waals surface area contributed by atoms with Gasteiger partial charge in [-0.3, -0.25) is 0 Å². The summed E-state index contributed by atoms with van der Waals surface area (Å²) in [4.78, 5) is 7.88. The second kappa shape index (κ2) is 4.85. The van der Waals surface area contributed by atoms with Gasteiger partial charge in [-0.05, 0) is 37.1 Å². The van der Waals surface area contributed by atoms with Gasteiger partial charge in [0.15, 0.2) is 0 Å². The Hall–Kier alpha value is -1.39. The molecular weight excluding hydrogens is 214 g/mol. The Balaban J connectivity index is 2.31. The van der Waals surface area contributed by atoms with Gasteiger partial charge in [-0.1, -0.05) is 0 Å². The van der Waals surface area contributed by atoms with E-state index in [1.165, 1.54) is 11.1 Å². The van der Waals surface area contributed by atoms with Crippen LogP contribution < -0.4 is 5.73 Å². The summed E-state index contributed by atoms with van der Waals surface area (Å²) in [7, 11) is 1.68. The van der Waals surface area contributed by atoms with Gasteiger partial charge in [0.1, 0.15) is 5.82 Å². The monoisotopic (exact) mass is 233 g/mol. The number of nitrogens with one attached hydrogen (secondary N) is 1. The maximum absolute atomic E-state index is 5.61. The number of fused-ring (bicyclic) bond motifs is 1. The first-order valence-electron chi connectivity index (χ1n) is 5.82. The van der Waals surface area contributed by atoms with E-state index in [9.17, 15) is 0 Å². The van der Waals surface area contributed by atoms with E-state index in [4.69, 9.17) is 10.5 Å². The number of nitrogens with two attached hydrogens (primary N) is 1. The molecule has 0 bridgehead atoms. The number of rotatable bonds is 4. The van der Waals surface area contributed by atoms with Gasteiger partial charge in [-0.15, -0.1) is 0 Å². The summed E-state index contributed by atoms with van der Waals surface area (Å²) in [5, 5.41) is 0. The average molecular weight is 233 g/mol. The molecule has 0 aliphatic heterocycles. The molecule has 92 valence electrons. The quantitative estimate of drug-likeness (QED) is 0.844. The van der Waals surface area contributed by atoms with Crippen molar-refractivity contribution in [1.29, 1.82) is 0 Å². The van der Waals surface area contributed by atoms with Crippen molar-refractivity contribution in [3.63, 3.8) is 0 Å². The zero-order chi connectivity index (χ0) is 12.4. The molecule has 1 aromatic carbocycles. The predicted molar refractivity (Wildman–Crippen MR) is 69.1 cm³/mol. The maximum atomic E-state index is 5.61. The molecule has 0 saturated carbocycles. The van der Waals surface area contributed by atoms with Crippen LogP contribution in [-0.2, 0) is 11.2 Å². The van der Waals surface area contributed by atoms with Crippen LogP contribution in [0.25, 0.3) is 11.0 Å². The SMILES string of the molecule is COC(CN)Cc1nc2cc(C)c(C)cc2[nH]1. The van der Waals surface area contributed by atoms with Crippen molar-refractivity contribution in [3.05, 3.63) is 29.1 Å². The molecule has 0 aliphatic carbocycles. The second-order valence-corrected chi connectivity index (χ2v) is 4.43. The fraction of sp³-hybridized carbons (Fsp3) is 0.462. The van der Waals surface area contributed by atoms with Crippen molar-refractivity contribution < 1.29 is 4.74 Å². The van der Waals surface area contributed by atoms with Crippen LogP contribution in [0.3, 0.4) is 0 Å². The van der Waals surface area contributed by atoms with E-state index in [1.807, 2.05) is 0 Å². The predicted octanol–water partition coefficient (Wildman–Crippen LogP) is 1.70. The number of benzene rings is 1. The van der Waals surface area contributed by atoms with Crippen molar-refractivity contribution in [2.24, 2.45) is 5.73 Å². The highest BCUT2D eigenvalue weighted by Gasteiger charge is 2.10. The lowest BCUT2D eigenvalue weighted by Gasteiger charge is -2.09. The molecule has 4 nitrogen and oxygen atoms in total. The van der Waals surface area contributed by atoms with E-state index in [0.717, 1.165) is 23.3 Å². The van der Waals surface area contributed by atoms with E-state index in [1.54, 1.807) is 7.11 Å². The summed E-state index contributed by atoms with van der Waals surface area (Å²) in [5.74, 6) is 0.933. The maximum Gasteiger partial charge on any atom is 0.109 e. The first-order chi connectivity index (χ1) is 8.13. The van der Waals surface area contributed by atoms with Gasteiger partial charge in [-0.25, -0.2) is 4.98 Å². The van der Waals surface area contributed by atoms with Crippen LogP contribution in [-0.4, -0.2) is 29.7 Å². The number of aryl methyl sites for hydroxylation is 2. The highest BCUT2D eigenvalue weighted by molar-refractivity contribution is 5.77. The van der Waals surface area contributed by atoms with E-state index >= 15 is 0 Å². The molecule has 0 fully saturated rings. The van der Waals surface area contributed by atoms with Gasteiger partial charge in [0.2, 0.25) is 0 Å². The standard InChI is InChI=1S/C13H19N3O/c1-8-4-11-12(5-9(8)2)16-13(15-11)6-10(7-14)17-3/h4-5,10H,6-7,14H2,1-3H3,(H,15,16). The van der Waals surface area contributed by atoms with Gasteiger partial charge in [0, 0.05) is 20.1 Å². The van der Waals surface area contributed by atoms with Crippen LogP contribution >= 0.6 is 0 Å². The molecule has 1 heterocycles. The highest BCUT2D eigenvalue weighted by atomic mass is 16.5. The Morgan fingerprint density at radius 3 is 2.71 bits per heavy atom. The number of H-pyrrole nitrogens is 1. The van der Waals surface area contributed by atoms with Crippen LogP contribution in [0.4, 0.5) is 0 Å². The van der Waals surface area contributed by atoms with Gasteiger partial charge < -0.3 is 15.5 Å². The summed E-state index contributed by atoms with van der Waals surface area (Å²) < 4.78 is 5.26. The number of aromatic amines is 1. The molecule has 0 aliphatic rings. The molecule has 3 N–H and O–H groups in total. The van der Waals surface area contributed by atoms with E-state index in [0.29, 0.717) is 6.54 Å². The van der Waals surface area contributed by atoms with E-state index < -0.39 is 0 Å². The zero-order valence-electron chi connectivity index (χ0n) is 10.6. The Labute approximate surface area is 101 Å². The topological polar surface area (TPSA) is 63.9 Å². The number of ether oxygens (including phenoxy) is 1. The summed E-state index contributed by atoms with van der Waals surface area (Å²) in [5.41, 5.74) is 10.2. The van der Waals surface area contributed by atoms with Crippen molar-refractivity contribution in [3.8, 4) is 0 Å². The van der Waals surface area contributed by atoms with Crippen LogP contribution in [0, 0.1) is 13.8 Å². The van der Waals surface area contributed by atoms with Crippen LogP contribution in [0.5, 0.6) is 0 Å². The Bertz CT molecular complexity index is 476. The molecule has 1 atom stereocenters. The number of nitrogens with zero attached hydrogens (tertiary/aromatic N) is 1. The van der Waals surface area contributed by atoms with Gasteiger partial charge >= 0.3 is 0 Å². The smallest absolute Gasteiger partial charge is 0.109 e. The lowest BCUT2D eigenvalue weighted by Crippen LogP contribution is -2.25. The van der Waals surface area contributed by atoms with Gasteiger partial charge in [-0.2, -0.15) is 0 Å². The molecule has 0 saturated heterocycles. The van der Waals surface area contributed by atoms with Crippen LogP contribution in [0.15, 0.2) is 12.1 Å². The van der Waals surface area contributed by atoms with Crippen molar-refractivity contribution in [2.75, 3.05) is 13.7 Å². The minimum Gasteiger partial charge on any atom is -0.380 e. The molecule has 2 rings (SSSR count). The normalized spacial score (nSPS) is 13.2. The fourth-order valence-corrected chi connectivity index (χ4v) is 1.90. The third kappa shape index (κ3) is 2.48. The van der Waals surface area contributed by atoms with Crippen LogP contribution in [0.2, 0.25) is 0 Å². The summed E-state index contributed by atoms with van der Waals surface area (Å²) in [6.07, 6.45) is 0.748. The third-order valence-electron chi connectivity index (χ3n) is 3.16. The molecule has 0 radical (unpaired) electrons. The molecule has 1 aromatic heterocycles. The molecule has 2 aromatic rings. The average Bonchev–Trinajstić information content (AvgIpc) is 2.68. The van der Waals surface area contributed by atoms with Crippen LogP contribution in [0.1, 0.15) is 17.0 Å². The Kier molecular flexibility index (Phi) is 3.45. The summed E-state index contributed by atoms with van der Waals surface area (Å²) in [6.45, 7) is 4.71. The fourth-order valence-electron chi connectivity index (χ4n) is 1.90. The molecule has 0 amide bonds. The molecule has 1 unspecified atom stereocenters. The van der Waals surface area contributed by atoms with Gasteiger partial charge in [0.05, 0.1) is 17.1 Å². The number of imidazole rings is 1. The lowest BCUT2D eigenvalue weighted by atomic mass is 10.1.